The Bertz CT molecular complexity index is 502. The maximum atomic E-state index is 8.70. The van der Waals surface area contributed by atoms with Gasteiger partial charge in [0.2, 0.25) is 0 Å². The summed E-state index contributed by atoms with van der Waals surface area (Å²) in [6.45, 7) is 1.40. The van der Waals surface area contributed by atoms with Crippen LogP contribution in [-0.2, 0) is 18.9 Å². The first-order valence-corrected chi connectivity index (χ1v) is 8.79. The van der Waals surface area contributed by atoms with Crippen molar-refractivity contribution in [2.24, 2.45) is 0 Å². The summed E-state index contributed by atoms with van der Waals surface area (Å²) in [6, 6.07) is 6.40. The second kappa shape index (κ2) is 6.88. The number of epoxide rings is 2. The molecule has 1 aromatic carbocycles. The summed E-state index contributed by atoms with van der Waals surface area (Å²) in [5.74, 6) is 0.249. The van der Waals surface area contributed by atoms with Crippen LogP contribution < -0.4 is 5.73 Å². The van der Waals surface area contributed by atoms with E-state index in [0.29, 0.717) is 55.5 Å². The van der Waals surface area contributed by atoms with Crippen molar-refractivity contribution in [3.8, 4) is 5.75 Å². The molecule has 2 aliphatic heterocycles. The summed E-state index contributed by atoms with van der Waals surface area (Å²) in [7, 11) is 0. The molecule has 6 unspecified atom stereocenters. The van der Waals surface area contributed by atoms with Gasteiger partial charge in [-0.25, -0.2) is 0 Å². The normalized spacial score (nSPS) is 38.0. The van der Waals surface area contributed by atoms with E-state index in [4.69, 9.17) is 29.8 Å². The Morgan fingerprint density at radius 3 is 1.71 bits per heavy atom. The van der Waals surface area contributed by atoms with Gasteiger partial charge in [-0.05, 0) is 49.9 Å². The van der Waals surface area contributed by atoms with Crippen molar-refractivity contribution in [3.63, 3.8) is 0 Å². The zero-order chi connectivity index (χ0) is 16.5. The van der Waals surface area contributed by atoms with Gasteiger partial charge >= 0.3 is 0 Å². The van der Waals surface area contributed by atoms with Crippen molar-refractivity contribution >= 4 is 5.69 Å². The Hall–Kier alpha value is -1.34. The fraction of sp³-hybridized carbons (Fsp3) is 0.667. The molecule has 4 aliphatic rings. The molecule has 132 valence electrons. The minimum absolute atomic E-state index is 0.249. The number of hydrogen-bond donors (Lipinski definition) is 2. The Morgan fingerprint density at radius 2 is 1.38 bits per heavy atom. The summed E-state index contributed by atoms with van der Waals surface area (Å²) in [5, 5.41) is 8.70. The summed E-state index contributed by atoms with van der Waals surface area (Å²) in [6.07, 6.45) is 7.18. The first-order valence-electron chi connectivity index (χ1n) is 8.79. The second-order valence-corrected chi connectivity index (χ2v) is 6.84. The molecule has 6 heteroatoms. The molecule has 0 spiro atoms. The second-order valence-electron chi connectivity index (χ2n) is 6.84. The van der Waals surface area contributed by atoms with Gasteiger partial charge in [-0.2, -0.15) is 0 Å². The van der Waals surface area contributed by atoms with Crippen LogP contribution in [0.2, 0.25) is 0 Å². The Balaban J connectivity index is 0.000000155. The molecule has 0 radical (unpaired) electrons. The number of rotatable bonds is 5. The molecule has 6 nitrogen and oxygen atoms in total. The van der Waals surface area contributed by atoms with E-state index in [9.17, 15) is 0 Å². The van der Waals surface area contributed by atoms with Crippen LogP contribution in [0.4, 0.5) is 5.69 Å². The molecule has 0 aromatic heterocycles. The van der Waals surface area contributed by atoms with Crippen molar-refractivity contribution in [3.05, 3.63) is 24.3 Å². The summed E-state index contributed by atoms with van der Waals surface area (Å²) in [4.78, 5) is 0. The topological polar surface area (TPSA) is 89.8 Å². The number of aromatic hydroxyl groups is 1. The maximum Gasteiger partial charge on any atom is 0.115 e. The molecule has 3 N–H and O–H groups in total. The van der Waals surface area contributed by atoms with Gasteiger partial charge in [0.1, 0.15) is 18.0 Å². The third kappa shape index (κ3) is 3.83. The van der Waals surface area contributed by atoms with Crippen molar-refractivity contribution in [2.75, 3.05) is 18.9 Å². The maximum absolute atomic E-state index is 8.70. The molecular weight excluding hydrogens is 310 g/mol. The van der Waals surface area contributed by atoms with Crippen LogP contribution in [0.15, 0.2) is 24.3 Å². The molecule has 6 atom stereocenters. The molecule has 2 saturated carbocycles. The van der Waals surface area contributed by atoms with E-state index in [1.54, 1.807) is 24.3 Å². The van der Waals surface area contributed by atoms with Crippen LogP contribution in [0.1, 0.15) is 25.7 Å². The Labute approximate surface area is 141 Å². The predicted octanol–water partition coefficient (Wildman–Crippen LogP) is 1.85. The molecule has 0 bridgehead atoms. The highest BCUT2D eigenvalue weighted by atomic mass is 16.6. The largest absolute Gasteiger partial charge is 0.508 e. The standard InChI is InChI=1S/C12H18O4.C6H7NO/c1-3-9-11(15-9)7(1)13-5-6-14-8-2-4-10-12(8)16-10;7-5-1-3-6(8)4-2-5/h7-12H,1-6H2;1-4,8H,7H2. The van der Waals surface area contributed by atoms with Crippen LogP contribution >= 0.6 is 0 Å². The minimum atomic E-state index is 0.249. The average molecular weight is 335 g/mol. The predicted molar refractivity (Wildman–Crippen MR) is 87.8 cm³/mol. The third-order valence-corrected chi connectivity index (χ3v) is 5.09. The number of nitrogen functional groups attached to an aromatic ring is 1. The SMILES string of the molecule is C(COC1CCC2OC12)OC1CCC2OC12.Nc1ccc(O)cc1. The number of nitrogens with two attached hydrogens (primary N) is 1. The fourth-order valence-corrected chi connectivity index (χ4v) is 3.65. The molecule has 5 rings (SSSR count). The van der Waals surface area contributed by atoms with Crippen molar-refractivity contribution < 1.29 is 24.1 Å². The van der Waals surface area contributed by atoms with E-state index in [2.05, 4.69) is 0 Å². The Kier molecular flexibility index (Phi) is 4.63. The zero-order valence-electron chi connectivity index (χ0n) is 13.7. The van der Waals surface area contributed by atoms with Gasteiger partial charge in [0.15, 0.2) is 0 Å². The zero-order valence-corrected chi connectivity index (χ0v) is 13.7. The average Bonchev–Trinajstić information content (AvgIpc) is 3.48. The lowest BCUT2D eigenvalue weighted by Crippen LogP contribution is -2.23. The highest BCUT2D eigenvalue weighted by Crippen LogP contribution is 2.41. The summed E-state index contributed by atoms with van der Waals surface area (Å²) < 4.78 is 22.4. The first-order chi connectivity index (χ1) is 11.7. The lowest BCUT2D eigenvalue weighted by atomic mass is 10.3. The molecule has 1 aromatic rings. The Morgan fingerprint density at radius 1 is 0.875 bits per heavy atom. The van der Waals surface area contributed by atoms with Gasteiger partial charge in [-0.3, -0.25) is 0 Å². The molecule has 4 fully saturated rings. The van der Waals surface area contributed by atoms with Crippen LogP contribution in [0.25, 0.3) is 0 Å². The van der Waals surface area contributed by atoms with Gasteiger partial charge in [0, 0.05) is 5.69 Å². The van der Waals surface area contributed by atoms with Gasteiger partial charge in [0.05, 0.1) is 37.6 Å². The van der Waals surface area contributed by atoms with Crippen LogP contribution in [0.3, 0.4) is 0 Å². The van der Waals surface area contributed by atoms with E-state index >= 15 is 0 Å². The highest BCUT2D eigenvalue weighted by molar-refractivity contribution is 5.40. The van der Waals surface area contributed by atoms with E-state index < -0.39 is 0 Å². The number of fused-ring (bicyclic) bond motifs is 2. The van der Waals surface area contributed by atoms with Gasteiger partial charge in [0.25, 0.3) is 0 Å². The van der Waals surface area contributed by atoms with E-state index in [0.717, 1.165) is 12.8 Å². The van der Waals surface area contributed by atoms with E-state index in [1.165, 1.54) is 12.8 Å². The van der Waals surface area contributed by atoms with Crippen LogP contribution in [-0.4, -0.2) is 54.9 Å². The molecule has 2 saturated heterocycles. The molecule has 0 amide bonds. The molecular formula is C18H25NO5. The third-order valence-electron chi connectivity index (χ3n) is 5.09. The van der Waals surface area contributed by atoms with Gasteiger partial charge in [-0.1, -0.05) is 0 Å². The summed E-state index contributed by atoms with van der Waals surface area (Å²) in [5.41, 5.74) is 5.98. The van der Waals surface area contributed by atoms with Crippen LogP contribution in [0.5, 0.6) is 5.75 Å². The number of phenols is 1. The van der Waals surface area contributed by atoms with Crippen LogP contribution in [0, 0.1) is 0 Å². The number of ether oxygens (including phenoxy) is 4. The first kappa shape index (κ1) is 16.1. The van der Waals surface area contributed by atoms with Crippen molar-refractivity contribution in [1.29, 1.82) is 0 Å². The van der Waals surface area contributed by atoms with Gasteiger partial charge in [-0.15, -0.1) is 0 Å². The fourth-order valence-electron chi connectivity index (χ4n) is 3.65. The molecule has 2 heterocycles. The number of benzene rings is 1. The van der Waals surface area contributed by atoms with Gasteiger partial charge < -0.3 is 29.8 Å². The van der Waals surface area contributed by atoms with Crippen molar-refractivity contribution in [2.45, 2.75) is 62.3 Å². The highest BCUT2D eigenvalue weighted by Gasteiger charge is 2.52. The number of anilines is 1. The smallest absolute Gasteiger partial charge is 0.115 e. The van der Waals surface area contributed by atoms with Crippen molar-refractivity contribution in [1.82, 2.24) is 0 Å². The monoisotopic (exact) mass is 335 g/mol. The van der Waals surface area contributed by atoms with E-state index in [-0.39, 0.29) is 5.75 Å². The number of hydrogen-bond acceptors (Lipinski definition) is 6. The molecule has 24 heavy (non-hydrogen) atoms. The lowest BCUT2D eigenvalue weighted by molar-refractivity contribution is -0.0390. The summed E-state index contributed by atoms with van der Waals surface area (Å²) >= 11 is 0. The number of phenolic OH excluding ortho intramolecular Hbond substituents is 1. The minimum Gasteiger partial charge on any atom is -0.508 e. The lowest BCUT2D eigenvalue weighted by Gasteiger charge is -2.15. The molecule has 2 aliphatic carbocycles. The van der Waals surface area contributed by atoms with E-state index in [1.807, 2.05) is 0 Å². The quantitative estimate of drug-likeness (QED) is 0.369.